The van der Waals surface area contributed by atoms with Crippen molar-refractivity contribution in [2.24, 2.45) is 0 Å². The number of benzene rings is 2. The number of aliphatic hydroxyl groups is 1. The van der Waals surface area contributed by atoms with E-state index in [1.807, 2.05) is 18.2 Å². The third-order valence-corrected chi connectivity index (χ3v) is 6.60. The molecule has 0 radical (unpaired) electrons. The summed E-state index contributed by atoms with van der Waals surface area (Å²) in [5.41, 5.74) is 1.76. The van der Waals surface area contributed by atoms with Gasteiger partial charge in [0.2, 0.25) is 0 Å². The predicted octanol–water partition coefficient (Wildman–Crippen LogP) is 2.59. The first kappa shape index (κ1) is 19.7. The summed E-state index contributed by atoms with van der Waals surface area (Å²) in [6.45, 7) is 0.624. The zero-order valence-corrected chi connectivity index (χ0v) is 16.3. The maximum absolute atomic E-state index is 13.2. The van der Waals surface area contributed by atoms with Gasteiger partial charge in [-0.05, 0) is 49.1 Å². The van der Waals surface area contributed by atoms with Gasteiger partial charge in [0.25, 0.3) is 15.9 Å². The Labute approximate surface area is 163 Å². The van der Waals surface area contributed by atoms with Gasteiger partial charge in [-0.25, -0.2) is 8.42 Å². The molecule has 0 aliphatic carbocycles. The molecule has 1 heterocycles. The number of carbonyl (C=O) groups excluding carboxylic acids is 1. The first-order valence-corrected chi connectivity index (χ1v) is 10.6. The molecule has 144 valence electrons. The molecule has 3 rings (SSSR count). The summed E-state index contributed by atoms with van der Waals surface area (Å²) in [5.74, 6) is -0.468. The molecule has 2 N–H and O–H groups in total. The number of para-hydroxylation sites is 1. The van der Waals surface area contributed by atoms with Gasteiger partial charge in [0.1, 0.15) is 0 Å². The average molecular weight is 409 g/mol. The number of aliphatic hydroxyl groups excluding tert-OH is 1. The standard InChI is InChI=1S/C19H21ClN2O4S/c20-17-9-8-15(13-16(17)19(24)21-10-4-12-23)27(25,26)22-11-3-6-14-5-1-2-7-18(14)22/h1-2,5,7-9,13,23H,3-4,6,10-12H2,(H,21,24). The molecule has 8 heteroatoms. The molecule has 6 nitrogen and oxygen atoms in total. The number of nitrogens with zero attached hydrogens (tertiary/aromatic N) is 1. The van der Waals surface area contributed by atoms with Gasteiger partial charge in [-0.1, -0.05) is 29.8 Å². The van der Waals surface area contributed by atoms with Crippen LogP contribution in [0.15, 0.2) is 47.4 Å². The van der Waals surface area contributed by atoms with E-state index in [1.165, 1.54) is 22.5 Å². The number of halogens is 1. The summed E-state index contributed by atoms with van der Waals surface area (Å²) in [7, 11) is -3.82. The predicted molar refractivity (Wildman–Crippen MR) is 105 cm³/mol. The summed E-state index contributed by atoms with van der Waals surface area (Å²) in [5, 5.41) is 11.6. The van der Waals surface area contributed by atoms with Crippen LogP contribution in [0.3, 0.4) is 0 Å². The van der Waals surface area contributed by atoms with Crippen LogP contribution in [-0.2, 0) is 16.4 Å². The van der Waals surface area contributed by atoms with E-state index in [1.54, 1.807) is 6.07 Å². The number of aryl methyl sites for hydroxylation is 1. The maximum Gasteiger partial charge on any atom is 0.264 e. The summed E-state index contributed by atoms with van der Waals surface area (Å²) in [4.78, 5) is 12.3. The molecule has 1 aliphatic rings. The summed E-state index contributed by atoms with van der Waals surface area (Å²) in [6, 6.07) is 11.6. The van der Waals surface area contributed by atoms with Crippen LogP contribution in [-0.4, -0.2) is 39.1 Å². The maximum atomic E-state index is 13.2. The second kappa shape index (κ2) is 8.29. The molecule has 0 bridgehead atoms. The Bertz CT molecular complexity index is 946. The second-order valence-corrected chi connectivity index (χ2v) is 8.55. The van der Waals surface area contributed by atoms with Crippen molar-refractivity contribution in [3.05, 3.63) is 58.6 Å². The SMILES string of the molecule is O=C(NCCCO)c1cc(S(=O)(=O)N2CCCc3ccccc32)ccc1Cl. The van der Waals surface area contributed by atoms with E-state index >= 15 is 0 Å². The molecule has 1 aliphatic heterocycles. The van der Waals surface area contributed by atoms with Crippen LogP contribution in [0.25, 0.3) is 0 Å². The fraction of sp³-hybridized carbons (Fsp3) is 0.316. The van der Waals surface area contributed by atoms with E-state index in [9.17, 15) is 13.2 Å². The lowest BCUT2D eigenvalue weighted by Gasteiger charge is -2.30. The Morgan fingerprint density at radius 2 is 2.00 bits per heavy atom. The summed E-state index contributed by atoms with van der Waals surface area (Å²) >= 11 is 6.10. The molecule has 27 heavy (non-hydrogen) atoms. The Kier molecular flexibility index (Phi) is 6.04. The topological polar surface area (TPSA) is 86.7 Å². The second-order valence-electron chi connectivity index (χ2n) is 6.28. The molecular weight excluding hydrogens is 388 g/mol. The van der Waals surface area contributed by atoms with Crippen LogP contribution >= 0.6 is 11.6 Å². The Morgan fingerprint density at radius 3 is 2.78 bits per heavy atom. The lowest BCUT2D eigenvalue weighted by atomic mass is 10.0. The highest BCUT2D eigenvalue weighted by Gasteiger charge is 2.29. The van der Waals surface area contributed by atoms with Crippen molar-refractivity contribution in [2.45, 2.75) is 24.2 Å². The monoisotopic (exact) mass is 408 g/mol. The smallest absolute Gasteiger partial charge is 0.264 e. The highest BCUT2D eigenvalue weighted by Crippen LogP contribution is 2.32. The fourth-order valence-electron chi connectivity index (χ4n) is 3.09. The number of hydrogen-bond acceptors (Lipinski definition) is 4. The number of anilines is 1. The van der Waals surface area contributed by atoms with Crippen LogP contribution in [0.4, 0.5) is 5.69 Å². The first-order valence-electron chi connectivity index (χ1n) is 8.74. The number of rotatable bonds is 6. The normalized spacial score (nSPS) is 13.9. The van der Waals surface area contributed by atoms with Crippen molar-refractivity contribution in [3.8, 4) is 0 Å². The lowest BCUT2D eigenvalue weighted by molar-refractivity contribution is 0.0951. The van der Waals surface area contributed by atoms with Gasteiger partial charge in [0.05, 0.1) is 21.2 Å². The molecule has 0 spiro atoms. The molecule has 0 saturated heterocycles. The Morgan fingerprint density at radius 1 is 1.22 bits per heavy atom. The van der Waals surface area contributed by atoms with Gasteiger partial charge in [0, 0.05) is 19.7 Å². The molecule has 0 aromatic heterocycles. The van der Waals surface area contributed by atoms with E-state index in [2.05, 4.69) is 5.32 Å². The van der Waals surface area contributed by atoms with E-state index < -0.39 is 15.9 Å². The number of carbonyl (C=O) groups is 1. The van der Waals surface area contributed by atoms with Crippen LogP contribution in [0, 0.1) is 0 Å². The van der Waals surface area contributed by atoms with Crippen molar-refractivity contribution >= 4 is 33.2 Å². The minimum absolute atomic E-state index is 0.0240. The van der Waals surface area contributed by atoms with E-state index in [0.717, 1.165) is 18.4 Å². The molecule has 0 fully saturated rings. The van der Waals surface area contributed by atoms with Crippen LogP contribution < -0.4 is 9.62 Å². The number of nitrogens with one attached hydrogen (secondary N) is 1. The van der Waals surface area contributed by atoms with E-state index in [0.29, 0.717) is 18.7 Å². The van der Waals surface area contributed by atoms with E-state index in [4.69, 9.17) is 16.7 Å². The molecule has 1 amide bonds. The number of fused-ring (bicyclic) bond motifs is 1. The van der Waals surface area contributed by atoms with Crippen LogP contribution in [0.5, 0.6) is 0 Å². The largest absolute Gasteiger partial charge is 0.396 e. The van der Waals surface area contributed by atoms with Crippen LogP contribution in [0.1, 0.15) is 28.8 Å². The third kappa shape index (κ3) is 4.10. The molecule has 0 atom stereocenters. The minimum atomic E-state index is -3.82. The number of hydrogen-bond donors (Lipinski definition) is 2. The quantitative estimate of drug-likeness (QED) is 0.719. The zero-order valence-electron chi connectivity index (χ0n) is 14.7. The average Bonchev–Trinajstić information content (AvgIpc) is 2.67. The number of sulfonamides is 1. The summed E-state index contributed by atoms with van der Waals surface area (Å²) < 4.78 is 27.8. The minimum Gasteiger partial charge on any atom is -0.396 e. The van der Waals surface area contributed by atoms with Crippen molar-refractivity contribution in [3.63, 3.8) is 0 Å². The van der Waals surface area contributed by atoms with Crippen molar-refractivity contribution in [1.29, 1.82) is 0 Å². The molecular formula is C19H21ClN2O4S. The fourth-order valence-corrected chi connectivity index (χ4v) is 4.86. The zero-order chi connectivity index (χ0) is 19.4. The first-order chi connectivity index (χ1) is 12.9. The van der Waals surface area contributed by atoms with Crippen molar-refractivity contribution in [2.75, 3.05) is 24.0 Å². The highest BCUT2D eigenvalue weighted by molar-refractivity contribution is 7.92. The van der Waals surface area contributed by atoms with Crippen molar-refractivity contribution < 1.29 is 18.3 Å². The Balaban J connectivity index is 1.94. The van der Waals surface area contributed by atoms with E-state index in [-0.39, 0.29) is 28.6 Å². The van der Waals surface area contributed by atoms with Crippen LogP contribution in [0.2, 0.25) is 5.02 Å². The molecule has 0 saturated carbocycles. The highest BCUT2D eigenvalue weighted by atomic mass is 35.5. The molecule has 0 unspecified atom stereocenters. The van der Waals surface area contributed by atoms with Gasteiger partial charge in [0.15, 0.2) is 0 Å². The molecule has 2 aromatic rings. The summed E-state index contributed by atoms with van der Waals surface area (Å²) in [6.07, 6.45) is 1.98. The van der Waals surface area contributed by atoms with Gasteiger partial charge in [-0.2, -0.15) is 0 Å². The van der Waals surface area contributed by atoms with Gasteiger partial charge in [-0.15, -0.1) is 0 Å². The van der Waals surface area contributed by atoms with Gasteiger partial charge < -0.3 is 10.4 Å². The van der Waals surface area contributed by atoms with Crippen molar-refractivity contribution in [1.82, 2.24) is 5.32 Å². The number of amides is 1. The van der Waals surface area contributed by atoms with Gasteiger partial charge >= 0.3 is 0 Å². The molecule has 2 aromatic carbocycles. The Hall–Kier alpha value is -2.09. The lowest BCUT2D eigenvalue weighted by Crippen LogP contribution is -2.35. The third-order valence-electron chi connectivity index (χ3n) is 4.46. The van der Waals surface area contributed by atoms with Gasteiger partial charge in [-0.3, -0.25) is 9.10 Å².